The largest absolute Gasteiger partial charge is 0.342 e. The van der Waals surface area contributed by atoms with E-state index in [0.29, 0.717) is 6.54 Å². The number of aromatic amines is 1. The van der Waals surface area contributed by atoms with Crippen LogP contribution >= 0.6 is 0 Å². The minimum Gasteiger partial charge on any atom is -0.342 e. The molecule has 2 heterocycles. The number of rotatable bonds is 3. The Kier molecular flexibility index (Phi) is 4.14. The Hall–Kier alpha value is -1.36. The molecule has 2 N–H and O–H groups in total. The summed E-state index contributed by atoms with van der Waals surface area (Å²) in [7, 11) is 1.86. The Bertz CT molecular complexity index is 407. The van der Waals surface area contributed by atoms with Gasteiger partial charge in [-0.1, -0.05) is 12.8 Å². The lowest BCUT2D eigenvalue weighted by molar-refractivity contribution is 0.726. The van der Waals surface area contributed by atoms with Crippen LogP contribution in [0.4, 0.5) is 5.95 Å². The van der Waals surface area contributed by atoms with E-state index in [-0.39, 0.29) is 5.56 Å². The van der Waals surface area contributed by atoms with Gasteiger partial charge < -0.3 is 10.2 Å². The maximum atomic E-state index is 11.6. The van der Waals surface area contributed by atoms with Crippen molar-refractivity contribution >= 4 is 5.95 Å². The van der Waals surface area contributed by atoms with Crippen LogP contribution in [0.25, 0.3) is 0 Å². The summed E-state index contributed by atoms with van der Waals surface area (Å²) < 4.78 is 0. The number of H-pyrrole nitrogens is 1. The highest BCUT2D eigenvalue weighted by Gasteiger charge is 2.12. The zero-order valence-electron chi connectivity index (χ0n) is 10.3. The first kappa shape index (κ1) is 12.1. The molecule has 0 radical (unpaired) electrons. The van der Waals surface area contributed by atoms with Gasteiger partial charge in [0.2, 0.25) is 5.95 Å². The van der Waals surface area contributed by atoms with Crippen LogP contribution in [0, 0.1) is 0 Å². The maximum Gasteiger partial charge on any atom is 0.252 e. The van der Waals surface area contributed by atoms with E-state index in [0.717, 1.165) is 24.7 Å². The molecule has 1 aliphatic heterocycles. The molecule has 1 aliphatic rings. The second kappa shape index (κ2) is 5.82. The molecule has 2 rings (SSSR count). The summed E-state index contributed by atoms with van der Waals surface area (Å²) in [5.41, 5.74) is 0.736. The molecule has 1 aromatic heterocycles. The van der Waals surface area contributed by atoms with Gasteiger partial charge in [-0.2, -0.15) is 0 Å². The topological polar surface area (TPSA) is 61.0 Å². The molecule has 1 saturated heterocycles. The molecule has 0 saturated carbocycles. The Morgan fingerprint density at radius 3 is 2.71 bits per heavy atom. The second-order valence-electron chi connectivity index (χ2n) is 4.49. The van der Waals surface area contributed by atoms with E-state index in [9.17, 15) is 4.79 Å². The van der Waals surface area contributed by atoms with Crippen LogP contribution in [-0.2, 0) is 6.54 Å². The van der Waals surface area contributed by atoms with Gasteiger partial charge in [-0.15, -0.1) is 0 Å². The SMILES string of the molecule is CNCc1cc(=O)[nH]c(N2CCCCCC2)n1. The lowest BCUT2D eigenvalue weighted by Crippen LogP contribution is -2.29. The van der Waals surface area contributed by atoms with E-state index in [2.05, 4.69) is 20.2 Å². The molecule has 94 valence electrons. The minimum atomic E-state index is -0.0653. The summed E-state index contributed by atoms with van der Waals surface area (Å²) in [4.78, 5) is 21.1. The zero-order chi connectivity index (χ0) is 12.1. The summed E-state index contributed by atoms with van der Waals surface area (Å²) in [6.07, 6.45) is 4.91. The van der Waals surface area contributed by atoms with Gasteiger partial charge in [-0.25, -0.2) is 4.98 Å². The zero-order valence-corrected chi connectivity index (χ0v) is 10.3. The van der Waals surface area contributed by atoms with Gasteiger partial charge in [0.05, 0.1) is 5.69 Å². The van der Waals surface area contributed by atoms with Crippen molar-refractivity contribution in [2.24, 2.45) is 0 Å². The van der Waals surface area contributed by atoms with Crippen molar-refractivity contribution in [2.45, 2.75) is 32.2 Å². The van der Waals surface area contributed by atoms with E-state index < -0.39 is 0 Å². The van der Waals surface area contributed by atoms with Gasteiger partial charge in [0.25, 0.3) is 5.56 Å². The fourth-order valence-electron chi connectivity index (χ4n) is 2.20. The number of nitrogens with one attached hydrogen (secondary N) is 2. The molecular weight excluding hydrogens is 216 g/mol. The van der Waals surface area contributed by atoms with E-state index in [1.54, 1.807) is 6.07 Å². The summed E-state index contributed by atoms with van der Waals surface area (Å²) in [5.74, 6) is 0.727. The highest BCUT2D eigenvalue weighted by Crippen LogP contribution is 2.14. The molecule has 5 heteroatoms. The lowest BCUT2D eigenvalue weighted by atomic mass is 10.2. The molecule has 0 amide bonds. The maximum absolute atomic E-state index is 11.6. The van der Waals surface area contributed by atoms with Crippen LogP contribution in [0.15, 0.2) is 10.9 Å². The summed E-state index contributed by atoms with van der Waals surface area (Å²) in [5, 5.41) is 3.02. The Morgan fingerprint density at radius 1 is 1.35 bits per heavy atom. The van der Waals surface area contributed by atoms with Crippen LogP contribution < -0.4 is 15.8 Å². The molecule has 0 aromatic carbocycles. The second-order valence-corrected chi connectivity index (χ2v) is 4.49. The van der Waals surface area contributed by atoms with Crippen LogP contribution in [0.1, 0.15) is 31.4 Å². The van der Waals surface area contributed by atoms with Gasteiger partial charge >= 0.3 is 0 Å². The van der Waals surface area contributed by atoms with Crippen LogP contribution in [-0.4, -0.2) is 30.1 Å². The average molecular weight is 236 g/mol. The van der Waals surface area contributed by atoms with E-state index in [1.807, 2.05) is 7.05 Å². The molecule has 0 unspecified atom stereocenters. The third-order valence-corrected chi connectivity index (χ3v) is 3.05. The van der Waals surface area contributed by atoms with Gasteiger partial charge in [-0.3, -0.25) is 9.78 Å². The third kappa shape index (κ3) is 3.30. The van der Waals surface area contributed by atoms with Crippen LogP contribution in [0.3, 0.4) is 0 Å². The quantitative estimate of drug-likeness (QED) is 0.817. The van der Waals surface area contributed by atoms with Crippen molar-refractivity contribution in [1.29, 1.82) is 0 Å². The van der Waals surface area contributed by atoms with Crippen molar-refractivity contribution in [3.63, 3.8) is 0 Å². The van der Waals surface area contributed by atoms with Crippen LogP contribution in [0.2, 0.25) is 0 Å². The van der Waals surface area contributed by atoms with Crippen LogP contribution in [0.5, 0.6) is 0 Å². The van der Waals surface area contributed by atoms with Crippen molar-refractivity contribution in [2.75, 3.05) is 25.0 Å². The molecule has 1 aromatic rings. The Balaban J connectivity index is 2.20. The summed E-state index contributed by atoms with van der Waals surface area (Å²) in [6.45, 7) is 2.61. The van der Waals surface area contributed by atoms with Gasteiger partial charge in [0, 0.05) is 25.7 Å². The standard InChI is InChI=1S/C12H20N4O/c1-13-9-10-8-11(17)15-12(14-10)16-6-4-2-3-5-7-16/h8,13H,2-7,9H2,1H3,(H,14,15,17). The van der Waals surface area contributed by atoms with Crippen molar-refractivity contribution < 1.29 is 0 Å². The molecule has 0 bridgehead atoms. The first-order valence-corrected chi connectivity index (χ1v) is 6.29. The number of anilines is 1. The molecule has 5 nitrogen and oxygen atoms in total. The Morgan fingerprint density at radius 2 is 2.06 bits per heavy atom. The molecule has 0 aliphatic carbocycles. The van der Waals surface area contributed by atoms with Gasteiger partial charge in [-0.05, 0) is 19.9 Å². The smallest absolute Gasteiger partial charge is 0.252 e. The van der Waals surface area contributed by atoms with Gasteiger partial charge in [0.1, 0.15) is 0 Å². The average Bonchev–Trinajstić information content (AvgIpc) is 2.57. The third-order valence-electron chi connectivity index (χ3n) is 3.05. The predicted octanol–water partition coefficient (Wildman–Crippen LogP) is 0.870. The molecule has 1 fully saturated rings. The minimum absolute atomic E-state index is 0.0653. The van der Waals surface area contributed by atoms with Crippen molar-refractivity contribution in [1.82, 2.24) is 15.3 Å². The van der Waals surface area contributed by atoms with E-state index in [1.165, 1.54) is 25.7 Å². The van der Waals surface area contributed by atoms with E-state index in [4.69, 9.17) is 0 Å². The molecule has 17 heavy (non-hydrogen) atoms. The van der Waals surface area contributed by atoms with Crippen molar-refractivity contribution in [3.05, 3.63) is 22.1 Å². The molecule has 0 spiro atoms. The highest BCUT2D eigenvalue weighted by atomic mass is 16.1. The fourth-order valence-corrected chi connectivity index (χ4v) is 2.20. The van der Waals surface area contributed by atoms with E-state index >= 15 is 0 Å². The Labute approximate surface area is 101 Å². The summed E-state index contributed by atoms with van der Waals surface area (Å²) in [6, 6.07) is 1.55. The highest BCUT2D eigenvalue weighted by molar-refractivity contribution is 5.30. The molecular formula is C12H20N4O. The number of nitrogens with zero attached hydrogens (tertiary/aromatic N) is 2. The predicted molar refractivity (Wildman–Crippen MR) is 68.3 cm³/mol. The normalized spacial score (nSPS) is 16.9. The fraction of sp³-hybridized carbons (Fsp3) is 0.667. The lowest BCUT2D eigenvalue weighted by Gasteiger charge is -2.20. The number of aromatic nitrogens is 2. The van der Waals surface area contributed by atoms with Gasteiger partial charge in [0.15, 0.2) is 0 Å². The van der Waals surface area contributed by atoms with Crippen molar-refractivity contribution in [3.8, 4) is 0 Å². The monoisotopic (exact) mass is 236 g/mol. The number of hydrogen-bond donors (Lipinski definition) is 2. The first-order valence-electron chi connectivity index (χ1n) is 6.29. The first-order chi connectivity index (χ1) is 8.29. The molecule has 0 atom stereocenters. The summed E-state index contributed by atoms with van der Waals surface area (Å²) >= 11 is 0. The number of hydrogen-bond acceptors (Lipinski definition) is 4.